The van der Waals surface area contributed by atoms with Crippen molar-refractivity contribution in [2.75, 3.05) is 13.2 Å². The average molecular weight is 355 g/mol. The molecule has 0 unspecified atom stereocenters. The van der Waals surface area contributed by atoms with Crippen LogP contribution in [-0.4, -0.2) is 25.2 Å². The summed E-state index contributed by atoms with van der Waals surface area (Å²) in [6, 6.07) is 0. The fourth-order valence-corrected chi connectivity index (χ4v) is 2.59. The first-order valence-electron chi connectivity index (χ1n) is 10.1. The van der Waals surface area contributed by atoms with E-state index in [1.165, 1.54) is 38.5 Å². The van der Waals surface area contributed by atoms with Gasteiger partial charge in [-0.25, -0.2) is 9.59 Å². The Labute approximate surface area is 154 Å². The summed E-state index contributed by atoms with van der Waals surface area (Å²) in [7, 11) is 0. The van der Waals surface area contributed by atoms with Crippen molar-refractivity contribution < 1.29 is 19.1 Å². The Bertz CT molecular complexity index is 399. The Morgan fingerprint density at radius 2 is 1.12 bits per heavy atom. The second-order valence-corrected chi connectivity index (χ2v) is 6.60. The zero-order valence-electron chi connectivity index (χ0n) is 16.8. The summed E-state index contributed by atoms with van der Waals surface area (Å²) >= 11 is 0. The molecular formula is C21H38O4. The third-order valence-corrected chi connectivity index (χ3v) is 4.16. The molecule has 0 saturated carbocycles. The fourth-order valence-electron chi connectivity index (χ4n) is 2.59. The molecule has 0 fully saturated rings. The maximum absolute atomic E-state index is 12.3. The summed E-state index contributed by atoms with van der Waals surface area (Å²) in [5.41, 5.74) is 0.887. The molecule has 0 atom stereocenters. The summed E-state index contributed by atoms with van der Waals surface area (Å²) < 4.78 is 10.4. The van der Waals surface area contributed by atoms with Crippen LogP contribution in [0.2, 0.25) is 0 Å². The molecule has 0 rings (SSSR count). The van der Waals surface area contributed by atoms with Crippen molar-refractivity contribution in [1.29, 1.82) is 0 Å². The van der Waals surface area contributed by atoms with Gasteiger partial charge in [-0.3, -0.25) is 0 Å². The van der Waals surface area contributed by atoms with Crippen LogP contribution in [0.25, 0.3) is 0 Å². The Morgan fingerprint density at radius 1 is 0.640 bits per heavy atom. The van der Waals surface area contributed by atoms with Crippen molar-refractivity contribution >= 4 is 11.9 Å². The Hall–Kier alpha value is -1.32. The standard InChI is InChI=1S/C21H38O4/c1-5-8-9-10-11-12-13-14-15-19(21(23)25-17-7-3)18(4)20(22)24-16-6-2/h5-17H2,1-4H3/b19-18-. The third-order valence-electron chi connectivity index (χ3n) is 4.16. The maximum atomic E-state index is 12.3. The van der Waals surface area contributed by atoms with Gasteiger partial charge >= 0.3 is 11.9 Å². The number of carbonyl (C=O) groups is 2. The Balaban J connectivity index is 4.49. The van der Waals surface area contributed by atoms with Crippen LogP contribution in [0.3, 0.4) is 0 Å². The second-order valence-electron chi connectivity index (χ2n) is 6.60. The number of hydrogen-bond acceptors (Lipinski definition) is 4. The number of unbranched alkanes of at least 4 members (excludes halogenated alkanes) is 7. The lowest BCUT2D eigenvalue weighted by molar-refractivity contribution is -0.142. The van der Waals surface area contributed by atoms with Gasteiger partial charge in [-0.05, 0) is 32.6 Å². The van der Waals surface area contributed by atoms with Crippen LogP contribution in [0.15, 0.2) is 11.1 Å². The molecule has 0 heterocycles. The van der Waals surface area contributed by atoms with Crippen molar-refractivity contribution in [2.45, 2.75) is 98.3 Å². The smallest absolute Gasteiger partial charge is 0.334 e. The van der Waals surface area contributed by atoms with E-state index in [1.807, 2.05) is 13.8 Å². The molecule has 0 aliphatic carbocycles. The number of rotatable bonds is 15. The molecule has 0 aromatic carbocycles. The molecule has 0 spiro atoms. The number of ether oxygens (including phenoxy) is 2. The topological polar surface area (TPSA) is 52.6 Å². The van der Waals surface area contributed by atoms with Gasteiger partial charge in [0.25, 0.3) is 0 Å². The van der Waals surface area contributed by atoms with Gasteiger partial charge in [0.1, 0.15) is 0 Å². The van der Waals surface area contributed by atoms with E-state index in [9.17, 15) is 9.59 Å². The highest BCUT2D eigenvalue weighted by atomic mass is 16.5. The predicted molar refractivity (Wildman–Crippen MR) is 102 cm³/mol. The van der Waals surface area contributed by atoms with Gasteiger partial charge < -0.3 is 9.47 Å². The number of carbonyl (C=O) groups excluding carboxylic acids is 2. The lowest BCUT2D eigenvalue weighted by Gasteiger charge is -2.12. The van der Waals surface area contributed by atoms with E-state index in [0.29, 0.717) is 30.8 Å². The lowest BCUT2D eigenvalue weighted by Crippen LogP contribution is -2.16. The Morgan fingerprint density at radius 3 is 1.64 bits per heavy atom. The van der Waals surface area contributed by atoms with Gasteiger partial charge in [-0.1, -0.05) is 65.7 Å². The highest BCUT2D eigenvalue weighted by molar-refractivity contribution is 5.99. The normalized spacial score (nSPS) is 11.8. The molecule has 0 amide bonds. The number of esters is 2. The van der Waals surface area contributed by atoms with Crippen LogP contribution in [0.1, 0.15) is 98.3 Å². The Kier molecular flexibility index (Phi) is 15.3. The van der Waals surface area contributed by atoms with E-state index in [4.69, 9.17) is 9.47 Å². The van der Waals surface area contributed by atoms with Crippen LogP contribution in [0, 0.1) is 0 Å². The van der Waals surface area contributed by atoms with Crippen molar-refractivity contribution in [2.24, 2.45) is 0 Å². The molecule has 4 heteroatoms. The van der Waals surface area contributed by atoms with Crippen LogP contribution in [-0.2, 0) is 19.1 Å². The van der Waals surface area contributed by atoms with Crippen LogP contribution in [0.5, 0.6) is 0 Å². The largest absolute Gasteiger partial charge is 0.462 e. The van der Waals surface area contributed by atoms with Crippen LogP contribution in [0.4, 0.5) is 0 Å². The summed E-state index contributed by atoms with van der Waals surface area (Å²) in [4.78, 5) is 24.3. The van der Waals surface area contributed by atoms with E-state index < -0.39 is 5.97 Å². The lowest BCUT2D eigenvalue weighted by atomic mass is 10.0. The van der Waals surface area contributed by atoms with Crippen molar-refractivity contribution in [1.82, 2.24) is 0 Å². The predicted octanol–water partition coefficient (Wildman–Crippen LogP) is 5.74. The summed E-state index contributed by atoms with van der Waals surface area (Å²) in [6.07, 6.45) is 11.7. The SMILES string of the molecule is CCCCCCCCCC/C(C(=O)OCCC)=C(\C)C(=O)OCCC. The molecule has 0 saturated heterocycles. The van der Waals surface area contributed by atoms with E-state index in [0.717, 1.165) is 25.7 Å². The van der Waals surface area contributed by atoms with Gasteiger partial charge in [0, 0.05) is 11.1 Å². The van der Waals surface area contributed by atoms with Gasteiger partial charge in [-0.15, -0.1) is 0 Å². The molecule has 4 nitrogen and oxygen atoms in total. The molecular weight excluding hydrogens is 316 g/mol. The van der Waals surface area contributed by atoms with Gasteiger partial charge in [-0.2, -0.15) is 0 Å². The molecule has 0 aliphatic heterocycles. The fraction of sp³-hybridized carbons (Fsp3) is 0.810. The first-order chi connectivity index (χ1) is 12.1. The zero-order valence-corrected chi connectivity index (χ0v) is 16.8. The van der Waals surface area contributed by atoms with Crippen LogP contribution >= 0.6 is 0 Å². The van der Waals surface area contributed by atoms with Crippen molar-refractivity contribution in [3.05, 3.63) is 11.1 Å². The molecule has 0 radical (unpaired) electrons. The van der Waals surface area contributed by atoms with Gasteiger partial charge in [0.05, 0.1) is 13.2 Å². The molecule has 0 aliphatic rings. The minimum Gasteiger partial charge on any atom is -0.462 e. The second kappa shape index (κ2) is 16.2. The monoisotopic (exact) mass is 354 g/mol. The zero-order chi connectivity index (χ0) is 18.9. The van der Waals surface area contributed by atoms with E-state index in [2.05, 4.69) is 6.92 Å². The highest BCUT2D eigenvalue weighted by Crippen LogP contribution is 2.18. The van der Waals surface area contributed by atoms with Gasteiger partial charge in [0.15, 0.2) is 0 Å². The molecule has 0 N–H and O–H groups in total. The highest BCUT2D eigenvalue weighted by Gasteiger charge is 2.19. The summed E-state index contributed by atoms with van der Waals surface area (Å²) in [5.74, 6) is -0.763. The molecule has 0 aromatic rings. The van der Waals surface area contributed by atoms with Crippen molar-refractivity contribution in [3.63, 3.8) is 0 Å². The minimum atomic E-state index is -0.398. The molecule has 0 bridgehead atoms. The van der Waals surface area contributed by atoms with Crippen molar-refractivity contribution in [3.8, 4) is 0 Å². The number of hydrogen-bond donors (Lipinski definition) is 0. The summed E-state index contributed by atoms with van der Waals surface area (Å²) in [6.45, 7) is 8.56. The first kappa shape index (κ1) is 23.7. The molecule has 25 heavy (non-hydrogen) atoms. The maximum Gasteiger partial charge on any atom is 0.334 e. The first-order valence-corrected chi connectivity index (χ1v) is 10.1. The molecule has 146 valence electrons. The van der Waals surface area contributed by atoms with Crippen LogP contribution < -0.4 is 0 Å². The van der Waals surface area contributed by atoms with E-state index in [-0.39, 0.29) is 5.97 Å². The molecule has 0 aromatic heterocycles. The van der Waals surface area contributed by atoms with Gasteiger partial charge in [0.2, 0.25) is 0 Å². The third kappa shape index (κ3) is 11.8. The van der Waals surface area contributed by atoms with E-state index in [1.54, 1.807) is 6.92 Å². The summed E-state index contributed by atoms with van der Waals surface area (Å²) in [5, 5.41) is 0. The average Bonchev–Trinajstić information content (AvgIpc) is 2.62. The minimum absolute atomic E-state index is 0.365. The van der Waals surface area contributed by atoms with E-state index >= 15 is 0 Å². The quantitative estimate of drug-likeness (QED) is 0.214.